The molecule has 10 atom stereocenters. The van der Waals surface area contributed by atoms with Crippen molar-refractivity contribution < 1.29 is 14.6 Å². The molecule has 0 aromatic carbocycles. The van der Waals surface area contributed by atoms with E-state index in [-0.39, 0.29) is 17.4 Å². The Bertz CT molecular complexity index is 608. The molecule has 5 aliphatic rings. The van der Waals surface area contributed by atoms with Crippen LogP contribution in [0.4, 0.5) is 0 Å². The Labute approximate surface area is 165 Å². The number of ketones is 1. The molecular weight excluding hydrogens is 392 g/mol. The van der Waals surface area contributed by atoms with Gasteiger partial charge in [0.25, 0.3) is 0 Å². The maximum Gasteiger partial charge on any atom is 0.147 e. The summed E-state index contributed by atoms with van der Waals surface area (Å²) in [5.74, 6) is 4.95. The Morgan fingerprint density at radius 2 is 1.73 bits per heavy atom. The van der Waals surface area contributed by atoms with Crippen LogP contribution >= 0.6 is 15.9 Å². The number of aliphatic hydroxyl groups is 1. The zero-order valence-electron chi connectivity index (χ0n) is 16.1. The third-order valence-corrected chi connectivity index (χ3v) is 10.4. The van der Waals surface area contributed by atoms with Crippen molar-refractivity contribution >= 4 is 21.7 Å². The van der Waals surface area contributed by atoms with Gasteiger partial charge in [0.1, 0.15) is 5.78 Å². The summed E-state index contributed by atoms with van der Waals surface area (Å²) < 4.78 is 5.64. The molecule has 146 valence electrons. The van der Waals surface area contributed by atoms with Crippen LogP contribution in [0.1, 0.15) is 58.3 Å². The highest BCUT2D eigenvalue weighted by Gasteiger charge is 2.72. The van der Waals surface area contributed by atoms with Gasteiger partial charge in [0, 0.05) is 18.9 Å². The van der Waals surface area contributed by atoms with E-state index in [0.29, 0.717) is 22.9 Å². The summed E-state index contributed by atoms with van der Waals surface area (Å²) in [6.07, 6.45) is 9.69. The Morgan fingerprint density at radius 3 is 2.46 bits per heavy atom. The average Bonchev–Trinajstić information content (AvgIpc) is 3.11. The minimum atomic E-state index is -0.507. The third-order valence-electron chi connectivity index (χ3n) is 9.83. The molecule has 0 bridgehead atoms. The summed E-state index contributed by atoms with van der Waals surface area (Å²) in [5, 5.41) is 11.4. The Morgan fingerprint density at radius 1 is 1.04 bits per heavy atom. The Kier molecular flexibility index (Phi) is 4.20. The number of hydrogen-bond donors (Lipinski definition) is 1. The number of fused-ring (bicyclic) bond motifs is 7. The van der Waals surface area contributed by atoms with Crippen LogP contribution in [0.2, 0.25) is 0 Å². The first-order valence-corrected chi connectivity index (χ1v) is 11.9. The topological polar surface area (TPSA) is 46.5 Å². The number of alkyl halides is 1. The number of methoxy groups -OCH3 is 1. The van der Waals surface area contributed by atoms with Gasteiger partial charge >= 0.3 is 0 Å². The zero-order valence-corrected chi connectivity index (χ0v) is 17.7. The van der Waals surface area contributed by atoms with Crippen LogP contribution in [0.15, 0.2) is 0 Å². The second-order valence-corrected chi connectivity index (χ2v) is 10.9. The Hall–Kier alpha value is 0.0700. The van der Waals surface area contributed by atoms with E-state index in [4.69, 9.17) is 4.74 Å². The van der Waals surface area contributed by atoms with Crippen molar-refractivity contribution in [3.8, 4) is 0 Å². The van der Waals surface area contributed by atoms with Gasteiger partial charge in [-0.3, -0.25) is 4.79 Å². The van der Waals surface area contributed by atoms with E-state index >= 15 is 0 Å². The summed E-state index contributed by atoms with van der Waals surface area (Å²) >= 11 is 3.42. The van der Waals surface area contributed by atoms with Gasteiger partial charge in [0.05, 0.1) is 17.0 Å². The van der Waals surface area contributed by atoms with Gasteiger partial charge in [-0.15, -0.1) is 0 Å². The third kappa shape index (κ3) is 2.21. The number of ether oxygens (including phenoxy) is 1. The van der Waals surface area contributed by atoms with E-state index in [2.05, 4.69) is 22.9 Å². The molecule has 0 amide bonds. The first-order chi connectivity index (χ1) is 12.5. The SMILES string of the molecule is COC1C2C3CCC4C(CCC5(C)C(C(=O)CBr)CCC45)C3CCC12O. The van der Waals surface area contributed by atoms with Crippen LogP contribution in [-0.2, 0) is 9.53 Å². The fourth-order valence-corrected chi connectivity index (χ4v) is 9.14. The molecular formula is C22H33BrO3. The van der Waals surface area contributed by atoms with Gasteiger partial charge in [-0.1, -0.05) is 22.9 Å². The first-order valence-electron chi connectivity index (χ1n) is 10.8. The summed E-state index contributed by atoms with van der Waals surface area (Å²) in [6.45, 7) is 2.43. The molecule has 0 aromatic heterocycles. The highest BCUT2D eigenvalue weighted by Crippen LogP contribution is 2.69. The molecule has 4 heteroatoms. The molecule has 5 rings (SSSR count). The predicted molar refractivity (Wildman–Crippen MR) is 104 cm³/mol. The summed E-state index contributed by atoms with van der Waals surface area (Å²) in [7, 11) is 1.77. The number of hydrogen-bond acceptors (Lipinski definition) is 3. The van der Waals surface area contributed by atoms with Crippen LogP contribution in [0, 0.1) is 46.8 Å². The predicted octanol–water partition coefficient (Wildman–Crippen LogP) is 4.21. The summed E-state index contributed by atoms with van der Waals surface area (Å²) in [6, 6.07) is 0. The lowest BCUT2D eigenvalue weighted by Crippen LogP contribution is -2.50. The molecule has 0 heterocycles. The average molecular weight is 425 g/mol. The Balaban J connectivity index is 1.37. The number of carbonyl (C=O) groups is 1. The van der Waals surface area contributed by atoms with Crippen molar-refractivity contribution in [3.05, 3.63) is 0 Å². The van der Waals surface area contributed by atoms with Crippen LogP contribution in [0.5, 0.6) is 0 Å². The lowest BCUT2D eigenvalue weighted by molar-refractivity contribution is -0.128. The van der Waals surface area contributed by atoms with Crippen molar-refractivity contribution in [2.24, 2.45) is 46.8 Å². The molecule has 0 radical (unpaired) electrons. The fourth-order valence-electron chi connectivity index (χ4n) is 8.75. The van der Waals surface area contributed by atoms with Gasteiger partial charge in [-0.25, -0.2) is 0 Å². The van der Waals surface area contributed by atoms with Crippen molar-refractivity contribution in [2.75, 3.05) is 12.4 Å². The summed E-state index contributed by atoms with van der Waals surface area (Å²) in [4.78, 5) is 12.5. The number of halogens is 1. The molecule has 5 fully saturated rings. The highest BCUT2D eigenvalue weighted by molar-refractivity contribution is 9.09. The van der Waals surface area contributed by atoms with Gasteiger partial charge in [0.2, 0.25) is 0 Å². The fraction of sp³-hybridized carbons (Fsp3) is 0.955. The van der Waals surface area contributed by atoms with Gasteiger partial charge in [-0.2, -0.15) is 0 Å². The summed E-state index contributed by atoms with van der Waals surface area (Å²) in [5.41, 5.74) is -0.268. The van der Waals surface area contributed by atoms with Crippen LogP contribution in [0.3, 0.4) is 0 Å². The van der Waals surface area contributed by atoms with E-state index in [1.807, 2.05) is 0 Å². The molecule has 0 aromatic rings. The minimum absolute atomic E-state index is 0.0929. The van der Waals surface area contributed by atoms with Crippen LogP contribution in [-0.4, -0.2) is 35.0 Å². The highest BCUT2D eigenvalue weighted by atomic mass is 79.9. The minimum Gasteiger partial charge on any atom is -0.387 e. The quantitative estimate of drug-likeness (QED) is 0.690. The van der Waals surface area contributed by atoms with Crippen LogP contribution in [0.25, 0.3) is 0 Å². The lowest BCUT2D eigenvalue weighted by Gasteiger charge is -2.55. The second-order valence-electron chi connectivity index (χ2n) is 10.3. The molecule has 1 N–H and O–H groups in total. The van der Waals surface area contributed by atoms with E-state index in [0.717, 1.165) is 36.5 Å². The molecule has 10 unspecified atom stereocenters. The molecule has 0 saturated heterocycles. The number of rotatable bonds is 3. The van der Waals surface area contributed by atoms with Crippen molar-refractivity contribution in [1.29, 1.82) is 0 Å². The second kappa shape index (κ2) is 6.03. The zero-order chi connectivity index (χ0) is 18.3. The maximum absolute atomic E-state index is 12.5. The van der Waals surface area contributed by atoms with Gasteiger partial charge in [-0.05, 0) is 86.4 Å². The van der Waals surface area contributed by atoms with Crippen molar-refractivity contribution in [3.63, 3.8) is 0 Å². The molecule has 0 spiro atoms. The van der Waals surface area contributed by atoms with Crippen LogP contribution < -0.4 is 0 Å². The largest absolute Gasteiger partial charge is 0.387 e. The van der Waals surface area contributed by atoms with Gasteiger partial charge < -0.3 is 9.84 Å². The number of carbonyl (C=O) groups excluding carboxylic acids is 1. The lowest BCUT2D eigenvalue weighted by atomic mass is 9.49. The van der Waals surface area contributed by atoms with E-state index in [9.17, 15) is 9.90 Å². The molecule has 0 aliphatic heterocycles. The molecule has 3 nitrogen and oxygen atoms in total. The van der Waals surface area contributed by atoms with Gasteiger partial charge in [0.15, 0.2) is 0 Å². The van der Waals surface area contributed by atoms with E-state index in [1.54, 1.807) is 7.11 Å². The molecule has 5 saturated carbocycles. The number of Topliss-reactive ketones (excluding diaryl/α,β-unsaturated/α-hetero) is 1. The monoisotopic (exact) mass is 424 g/mol. The standard InChI is InChI=1S/C22H33BrO3/c1-21-9-7-12-13-8-10-22(25)19(20(22)26-2)15(13)4-3-14(12)16(21)5-6-17(21)18(24)11-23/h12-17,19-20,25H,3-11H2,1-2H3. The van der Waals surface area contributed by atoms with Crippen molar-refractivity contribution in [2.45, 2.75) is 70.0 Å². The maximum atomic E-state index is 12.5. The first kappa shape index (κ1) is 18.1. The van der Waals surface area contributed by atoms with E-state index < -0.39 is 5.60 Å². The molecule has 5 aliphatic carbocycles. The molecule has 26 heavy (non-hydrogen) atoms. The smallest absolute Gasteiger partial charge is 0.147 e. The van der Waals surface area contributed by atoms with E-state index in [1.165, 1.54) is 38.5 Å². The normalized spacial score (nSPS) is 57.5. The van der Waals surface area contributed by atoms with Crippen molar-refractivity contribution in [1.82, 2.24) is 0 Å².